The van der Waals surface area contributed by atoms with Gasteiger partial charge in [-0.1, -0.05) is 55.5 Å². The van der Waals surface area contributed by atoms with Crippen LogP contribution >= 0.6 is 0 Å². The van der Waals surface area contributed by atoms with Gasteiger partial charge in [-0.15, -0.1) is 0 Å². The maximum Gasteiger partial charge on any atom is 0.306 e. The van der Waals surface area contributed by atoms with Gasteiger partial charge < -0.3 is 10.1 Å². The summed E-state index contributed by atoms with van der Waals surface area (Å²) in [4.78, 5) is 23.5. The Morgan fingerprint density at radius 3 is 2.23 bits per heavy atom. The largest absolute Gasteiger partial charge is 0.456 e. The zero-order valence-corrected chi connectivity index (χ0v) is 12.5. The summed E-state index contributed by atoms with van der Waals surface area (Å²) in [5, 5.41) is 2.67. The summed E-state index contributed by atoms with van der Waals surface area (Å²) in [6.07, 6.45) is 0.253. The molecule has 22 heavy (non-hydrogen) atoms. The van der Waals surface area contributed by atoms with Crippen molar-refractivity contribution in [2.75, 3.05) is 11.9 Å². The minimum atomic E-state index is -0.375. The van der Waals surface area contributed by atoms with E-state index < -0.39 is 0 Å². The Balaban J connectivity index is 1.74. The molecule has 0 spiro atoms. The van der Waals surface area contributed by atoms with Gasteiger partial charge in [0.05, 0.1) is 6.42 Å². The molecule has 1 N–H and O–H groups in total. The number of benzene rings is 2. The number of esters is 1. The lowest BCUT2D eigenvalue weighted by atomic mass is 9.98. The molecule has 0 aromatic heterocycles. The van der Waals surface area contributed by atoms with Crippen molar-refractivity contribution in [3.05, 3.63) is 66.2 Å². The number of hydrogen-bond donors (Lipinski definition) is 1. The second-order valence-electron chi connectivity index (χ2n) is 5.09. The third kappa shape index (κ3) is 5.05. The van der Waals surface area contributed by atoms with Crippen molar-refractivity contribution < 1.29 is 14.3 Å². The quantitative estimate of drug-likeness (QED) is 0.832. The summed E-state index contributed by atoms with van der Waals surface area (Å²) in [5.74, 6) is -0.655. The van der Waals surface area contributed by atoms with Gasteiger partial charge in [0.2, 0.25) is 0 Å². The molecule has 1 amide bonds. The van der Waals surface area contributed by atoms with Crippen LogP contribution < -0.4 is 5.32 Å². The molecule has 0 saturated heterocycles. The number of carbonyl (C=O) groups is 2. The molecule has 0 aliphatic heterocycles. The highest BCUT2D eigenvalue weighted by molar-refractivity contribution is 5.92. The van der Waals surface area contributed by atoms with Gasteiger partial charge in [-0.05, 0) is 23.6 Å². The molecule has 4 nitrogen and oxygen atoms in total. The number of amides is 1. The van der Waals surface area contributed by atoms with Crippen LogP contribution in [0, 0.1) is 0 Å². The van der Waals surface area contributed by atoms with Gasteiger partial charge in [0, 0.05) is 5.69 Å². The number of para-hydroxylation sites is 1. The molecule has 4 heteroatoms. The minimum Gasteiger partial charge on any atom is -0.456 e. The highest BCUT2D eigenvalue weighted by Gasteiger charge is 2.13. The number of hydrogen-bond acceptors (Lipinski definition) is 3. The van der Waals surface area contributed by atoms with Crippen LogP contribution in [0.4, 0.5) is 5.69 Å². The molecule has 0 unspecified atom stereocenters. The molecular formula is C18H19NO3. The molecule has 0 fully saturated rings. The molecule has 114 valence electrons. The molecular weight excluding hydrogens is 278 g/mol. The van der Waals surface area contributed by atoms with E-state index in [9.17, 15) is 9.59 Å². The van der Waals surface area contributed by atoms with Crippen LogP contribution in [0.1, 0.15) is 24.8 Å². The van der Waals surface area contributed by atoms with E-state index in [0.29, 0.717) is 5.69 Å². The normalized spacial score (nSPS) is 11.5. The summed E-state index contributed by atoms with van der Waals surface area (Å²) in [6.45, 7) is 1.69. The van der Waals surface area contributed by atoms with Crippen LogP contribution in [0.5, 0.6) is 0 Å². The third-order valence-electron chi connectivity index (χ3n) is 3.26. The molecule has 0 radical (unpaired) electrons. The summed E-state index contributed by atoms with van der Waals surface area (Å²) in [7, 11) is 0. The van der Waals surface area contributed by atoms with E-state index >= 15 is 0 Å². The Kier molecular flexibility index (Phi) is 5.72. The van der Waals surface area contributed by atoms with Crippen LogP contribution in [-0.4, -0.2) is 18.5 Å². The molecule has 0 aliphatic rings. The molecule has 0 aliphatic carbocycles. The Bertz CT molecular complexity index is 611. The van der Waals surface area contributed by atoms with Crippen LogP contribution in [0.25, 0.3) is 0 Å². The van der Waals surface area contributed by atoms with E-state index in [1.807, 2.05) is 55.5 Å². The van der Waals surface area contributed by atoms with Gasteiger partial charge in [0.1, 0.15) is 0 Å². The fourth-order valence-electron chi connectivity index (χ4n) is 2.07. The summed E-state index contributed by atoms with van der Waals surface area (Å²) < 4.78 is 5.02. The maximum atomic E-state index is 11.8. The molecule has 2 rings (SSSR count). The molecule has 2 aromatic rings. The maximum absolute atomic E-state index is 11.8. The van der Waals surface area contributed by atoms with Crippen LogP contribution in [-0.2, 0) is 14.3 Å². The monoisotopic (exact) mass is 297 g/mol. The van der Waals surface area contributed by atoms with E-state index in [1.165, 1.54) is 0 Å². The van der Waals surface area contributed by atoms with Gasteiger partial charge in [-0.3, -0.25) is 9.59 Å². The van der Waals surface area contributed by atoms with Crippen molar-refractivity contribution in [1.29, 1.82) is 0 Å². The molecule has 2 aromatic carbocycles. The standard InChI is InChI=1S/C18H19NO3/c1-14(15-8-4-2-5-9-15)12-18(21)22-13-17(20)19-16-10-6-3-7-11-16/h2-11,14H,12-13H2,1H3,(H,19,20)/t14-/m1/s1. The number of carbonyl (C=O) groups excluding carboxylic acids is 2. The second kappa shape index (κ2) is 7.98. The van der Waals surface area contributed by atoms with Crippen molar-refractivity contribution in [2.24, 2.45) is 0 Å². The van der Waals surface area contributed by atoms with E-state index in [4.69, 9.17) is 4.74 Å². The summed E-state index contributed by atoms with van der Waals surface area (Å²) in [6, 6.07) is 18.8. The second-order valence-corrected chi connectivity index (χ2v) is 5.09. The van der Waals surface area contributed by atoms with Gasteiger partial charge >= 0.3 is 5.97 Å². The fraction of sp³-hybridized carbons (Fsp3) is 0.222. The number of rotatable bonds is 6. The van der Waals surface area contributed by atoms with Gasteiger partial charge in [-0.2, -0.15) is 0 Å². The van der Waals surface area contributed by atoms with Crippen molar-refractivity contribution in [3.63, 3.8) is 0 Å². The minimum absolute atomic E-state index is 0.0610. The van der Waals surface area contributed by atoms with Crippen molar-refractivity contribution in [3.8, 4) is 0 Å². The first-order valence-electron chi connectivity index (χ1n) is 7.20. The third-order valence-corrected chi connectivity index (χ3v) is 3.26. The van der Waals surface area contributed by atoms with E-state index in [1.54, 1.807) is 12.1 Å². The van der Waals surface area contributed by atoms with E-state index in [2.05, 4.69) is 5.32 Å². The Morgan fingerprint density at radius 2 is 1.59 bits per heavy atom. The number of nitrogens with one attached hydrogen (secondary N) is 1. The van der Waals surface area contributed by atoms with Gasteiger partial charge in [-0.25, -0.2) is 0 Å². The van der Waals surface area contributed by atoms with Crippen LogP contribution in [0.3, 0.4) is 0 Å². The first-order chi connectivity index (χ1) is 10.6. The van der Waals surface area contributed by atoms with Crippen molar-refractivity contribution in [2.45, 2.75) is 19.3 Å². The summed E-state index contributed by atoms with van der Waals surface area (Å²) >= 11 is 0. The Labute approximate surface area is 130 Å². The lowest BCUT2D eigenvalue weighted by Crippen LogP contribution is -2.21. The number of anilines is 1. The van der Waals surface area contributed by atoms with E-state index in [-0.39, 0.29) is 30.8 Å². The van der Waals surface area contributed by atoms with Crippen molar-refractivity contribution >= 4 is 17.6 Å². The topological polar surface area (TPSA) is 55.4 Å². The Morgan fingerprint density at radius 1 is 1.00 bits per heavy atom. The SMILES string of the molecule is C[C@H](CC(=O)OCC(=O)Nc1ccccc1)c1ccccc1. The lowest BCUT2D eigenvalue weighted by molar-refractivity contribution is -0.147. The number of ether oxygens (including phenoxy) is 1. The highest BCUT2D eigenvalue weighted by atomic mass is 16.5. The van der Waals surface area contributed by atoms with Crippen LogP contribution in [0.2, 0.25) is 0 Å². The zero-order valence-electron chi connectivity index (χ0n) is 12.5. The molecule has 0 heterocycles. The molecule has 0 bridgehead atoms. The predicted molar refractivity (Wildman–Crippen MR) is 85.5 cm³/mol. The summed E-state index contributed by atoms with van der Waals surface area (Å²) in [5.41, 5.74) is 1.76. The highest BCUT2D eigenvalue weighted by Crippen LogP contribution is 2.18. The Hall–Kier alpha value is -2.62. The smallest absolute Gasteiger partial charge is 0.306 e. The van der Waals surface area contributed by atoms with Crippen molar-refractivity contribution in [1.82, 2.24) is 0 Å². The van der Waals surface area contributed by atoms with Gasteiger partial charge in [0.15, 0.2) is 6.61 Å². The predicted octanol–water partition coefficient (Wildman–Crippen LogP) is 3.36. The van der Waals surface area contributed by atoms with Crippen LogP contribution in [0.15, 0.2) is 60.7 Å². The lowest BCUT2D eigenvalue weighted by Gasteiger charge is -2.11. The zero-order chi connectivity index (χ0) is 15.8. The average molecular weight is 297 g/mol. The first-order valence-corrected chi connectivity index (χ1v) is 7.20. The first kappa shape index (κ1) is 15.8. The molecule has 0 saturated carbocycles. The average Bonchev–Trinajstić information content (AvgIpc) is 2.55. The fourth-order valence-corrected chi connectivity index (χ4v) is 2.07. The van der Waals surface area contributed by atoms with Gasteiger partial charge in [0.25, 0.3) is 5.91 Å². The molecule has 1 atom stereocenters. The van der Waals surface area contributed by atoms with E-state index in [0.717, 1.165) is 5.56 Å².